The van der Waals surface area contributed by atoms with Crippen molar-refractivity contribution in [3.05, 3.63) is 59.7 Å². The first-order chi connectivity index (χ1) is 16.8. The number of amides is 1. The Bertz CT molecular complexity index is 1040. The fraction of sp³-hybridized carbons (Fsp3) is 0.500. The molecule has 1 fully saturated rings. The minimum Gasteiger partial charge on any atom is -0.374 e. The van der Waals surface area contributed by atoms with Gasteiger partial charge in [-0.15, -0.1) is 9.24 Å². The minimum atomic E-state index is -0.847. The van der Waals surface area contributed by atoms with Crippen LogP contribution in [-0.4, -0.2) is 61.5 Å². The highest BCUT2D eigenvalue weighted by Crippen LogP contribution is 2.41. The number of carbonyl (C=O) groups is 1. The van der Waals surface area contributed by atoms with Gasteiger partial charge < -0.3 is 15.0 Å². The summed E-state index contributed by atoms with van der Waals surface area (Å²) in [6.45, 7) is 9.26. The van der Waals surface area contributed by atoms with Crippen molar-refractivity contribution in [1.29, 1.82) is 0 Å². The first-order valence-electron chi connectivity index (χ1n) is 12.7. The topological polar surface area (TPSA) is 57.2 Å². The molecule has 1 N–H and O–H groups in total. The Labute approximate surface area is 212 Å². The van der Waals surface area contributed by atoms with Crippen LogP contribution in [0.25, 0.3) is 0 Å². The molecule has 4 unspecified atom stereocenters. The van der Waals surface area contributed by atoms with Gasteiger partial charge in [-0.25, -0.2) is 5.01 Å². The molecule has 35 heavy (non-hydrogen) atoms. The van der Waals surface area contributed by atoms with E-state index in [1.54, 1.807) is 0 Å². The standard InChI is InChI=1S/C28H39N4O2P/c1-5-6-7-25-26(21-10-14-24(35)15-11-21)30-32(22-12-8-20(2)9-13-22)28(25,3)27(33)29-18-23-19-31(4)16-17-34-23/h8-15,23,25H,5-7,16-19,35H2,1-4H3,(H,29,33). The highest BCUT2D eigenvalue weighted by Gasteiger charge is 2.53. The quantitative estimate of drug-likeness (QED) is 0.569. The van der Waals surface area contributed by atoms with Gasteiger partial charge in [-0.1, -0.05) is 61.7 Å². The smallest absolute Gasteiger partial charge is 0.248 e. The summed E-state index contributed by atoms with van der Waals surface area (Å²) in [5.41, 5.74) is 3.32. The Balaban J connectivity index is 1.69. The van der Waals surface area contributed by atoms with Gasteiger partial charge in [-0.2, -0.15) is 5.10 Å². The zero-order valence-corrected chi connectivity index (χ0v) is 22.6. The van der Waals surface area contributed by atoms with Crippen molar-refractivity contribution in [1.82, 2.24) is 10.2 Å². The number of carbonyl (C=O) groups excluding carboxylic acids is 1. The number of ether oxygens (including phenoxy) is 1. The Hall–Kier alpha value is -2.27. The molecule has 6 nitrogen and oxygen atoms in total. The monoisotopic (exact) mass is 494 g/mol. The van der Waals surface area contributed by atoms with E-state index in [-0.39, 0.29) is 17.9 Å². The van der Waals surface area contributed by atoms with Gasteiger partial charge in [0.15, 0.2) is 0 Å². The fourth-order valence-electron chi connectivity index (χ4n) is 5.08. The molecule has 2 aromatic rings. The molecular weight excluding hydrogens is 455 g/mol. The molecule has 2 heterocycles. The lowest BCUT2D eigenvalue weighted by atomic mass is 9.77. The number of unbranched alkanes of at least 4 members (excludes halogenated alkanes) is 1. The maximum absolute atomic E-state index is 14.0. The van der Waals surface area contributed by atoms with E-state index in [1.165, 1.54) is 5.56 Å². The van der Waals surface area contributed by atoms with E-state index in [1.807, 2.05) is 5.01 Å². The van der Waals surface area contributed by atoms with Crippen LogP contribution in [0, 0.1) is 12.8 Å². The predicted molar refractivity (Wildman–Crippen MR) is 148 cm³/mol. The lowest BCUT2D eigenvalue weighted by molar-refractivity contribution is -0.128. The van der Waals surface area contributed by atoms with Crippen LogP contribution in [0.1, 0.15) is 44.2 Å². The van der Waals surface area contributed by atoms with Crippen LogP contribution in [0.3, 0.4) is 0 Å². The van der Waals surface area contributed by atoms with E-state index in [0.717, 1.165) is 54.6 Å². The average molecular weight is 495 g/mol. The average Bonchev–Trinajstić information content (AvgIpc) is 3.15. The van der Waals surface area contributed by atoms with Gasteiger partial charge in [0.1, 0.15) is 5.54 Å². The van der Waals surface area contributed by atoms with E-state index in [9.17, 15) is 4.79 Å². The molecule has 1 amide bonds. The largest absolute Gasteiger partial charge is 0.374 e. The molecule has 0 aliphatic carbocycles. The van der Waals surface area contributed by atoms with Gasteiger partial charge in [0.25, 0.3) is 0 Å². The number of aryl methyl sites for hydroxylation is 1. The molecule has 2 aliphatic heterocycles. The fourth-order valence-corrected chi connectivity index (χ4v) is 5.27. The van der Waals surface area contributed by atoms with Crippen LogP contribution >= 0.6 is 9.24 Å². The van der Waals surface area contributed by atoms with Crippen molar-refractivity contribution < 1.29 is 9.53 Å². The molecule has 7 heteroatoms. The highest BCUT2D eigenvalue weighted by molar-refractivity contribution is 7.27. The van der Waals surface area contributed by atoms with E-state index < -0.39 is 5.54 Å². The summed E-state index contributed by atoms with van der Waals surface area (Å²) in [4.78, 5) is 16.3. The van der Waals surface area contributed by atoms with Gasteiger partial charge in [-0.3, -0.25) is 4.79 Å². The second-order valence-corrected chi connectivity index (χ2v) is 10.7. The molecule has 0 spiro atoms. The van der Waals surface area contributed by atoms with Crippen molar-refractivity contribution in [2.75, 3.05) is 38.3 Å². The van der Waals surface area contributed by atoms with Gasteiger partial charge in [0, 0.05) is 25.6 Å². The normalized spacial score (nSPS) is 24.9. The first-order valence-corrected chi connectivity index (χ1v) is 13.3. The summed E-state index contributed by atoms with van der Waals surface area (Å²) in [5, 5.41) is 11.5. The van der Waals surface area contributed by atoms with Gasteiger partial charge in [-0.05, 0) is 50.3 Å². The Morgan fingerprint density at radius 2 is 1.91 bits per heavy atom. The summed E-state index contributed by atoms with van der Waals surface area (Å²) in [5.74, 6) is -0.0357. The minimum absolute atomic E-state index is 0.000364. The molecule has 0 aromatic heterocycles. The van der Waals surface area contributed by atoms with Crippen molar-refractivity contribution >= 4 is 31.9 Å². The zero-order chi connectivity index (χ0) is 25.0. The molecule has 0 saturated carbocycles. The number of nitrogens with one attached hydrogen (secondary N) is 1. The maximum Gasteiger partial charge on any atom is 0.248 e. The molecular formula is C28H39N4O2P. The van der Waals surface area contributed by atoms with Gasteiger partial charge >= 0.3 is 0 Å². The van der Waals surface area contributed by atoms with E-state index in [2.05, 4.69) is 95.8 Å². The third-order valence-corrected chi connectivity index (χ3v) is 7.66. The molecule has 4 atom stereocenters. The number of anilines is 1. The van der Waals surface area contributed by atoms with E-state index >= 15 is 0 Å². The van der Waals surface area contributed by atoms with Crippen molar-refractivity contribution in [3.8, 4) is 0 Å². The summed E-state index contributed by atoms with van der Waals surface area (Å²) >= 11 is 0. The molecule has 0 radical (unpaired) electrons. The van der Waals surface area contributed by atoms with Crippen molar-refractivity contribution in [3.63, 3.8) is 0 Å². The second-order valence-electron chi connectivity index (χ2n) is 10.1. The number of hydrazone groups is 1. The number of benzene rings is 2. The van der Waals surface area contributed by atoms with Gasteiger partial charge in [0.2, 0.25) is 5.91 Å². The van der Waals surface area contributed by atoms with Crippen LogP contribution in [0.2, 0.25) is 0 Å². The molecule has 1 saturated heterocycles. The van der Waals surface area contributed by atoms with Crippen LogP contribution in [0.5, 0.6) is 0 Å². The third-order valence-electron chi connectivity index (χ3n) is 7.28. The predicted octanol–water partition coefficient (Wildman–Crippen LogP) is 3.73. The van der Waals surface area contributed by atoms with Crippen LogP contribution in [0.4, 0.5) is 5.69 Å². The summed E-state index contributed by atoms with van der Waals surface area (Å²) < 4.78 is 5.91. The summed E-state index contributed by atoms with van der Waals surface area (Å²) in [6.07, 6.45) is 3.00. The zero-order valence-electron chi connectivity index (χ0n) is 21.5. The molecule has 2 aromatic carbocycles. The summed E-state index contributed by atoms with van der Waals surface area (Å²) in [6, 6.07) is 16.7. The Morgan fingerprint density at radius 3 is 2.57 bits per heavy atom. The first kappa shape index (κ1) is 25.8. The van der Waals surface area contributed by atoms with Crippen LogP contribution in [-0.2, 0) is 9.53 Å². The van der Waals surface area contributed by atoms with Crippen LogP contribution in [0.15, 0.2) is 53.6 Å². The SMILES string of the molecule is CCCCC1C(c2ccc(P)cc2)=NN(c2ccc(C)cc2)C1(C)C(=O)NCC1CN(C)CCO1. The summed E-state index contributed by atoms with van der Waals surface area (Å²) in [7, 11) is 4.83. The molecule has 188 valence electrons. The second kappa shape index (κ2) is 11.2. The highest BCUT2D eigenvalue weighted by atomic mass is 31.0. The Morgan fingerprint density at radius 1 is 1.20 bits per heavy atom. The van der Waals surface area contributed by atoms with E-state index in [4.69, 9.17) is 9.84 Å². The lowest BCUT2D eigenvalue weighted by Gasteiger charge is -2.38. The van der Waals surface area contributed by atoms with Crippen LogP contribution < -0.4 is 15.6 Å². The number of likely N-dealkylation sites (N-methyl/N-ethyl adjacent to an activating group) is 1. The molecule has 0 bridgehead atoms. The number of morpholine rings is 1. The third kappa shape index (κ3) is 5.61. The van der Waals surface area contributed by atoms with Gasteiger partial charge in [0.05, 0.1) is 24.1 Å². The van der Waals surface area contributed by atoms with E-state index in [0.29, 0.717) is 13.2 Å². The Kier molecular flexibility index (Phi) is 8.26. The maximum atomic E-state index is 14.0. The molecule has 2 aliphatic rings. The number of nitrogens with zero attached hydrogens (tertiary/aromatic N) is 3. The van der Waals surface area contributed by atoms with Crippen molar-refractivity contribution in [2.45, 2.75) is 51.7 Å². The lowest BCUT2D eigenvalue weighted by Crippen LogP contribution is -2.59. The van der Waals surface area contributed by atoms with Crippen molar-refractivity contribution in [2.24, 2.45) is 11.0 Å². The number of hydrogen-bond acceptors (Lipinski definition) is 5. The number of rotatable bonds is 8. The number of hydrogen-bond donors (Lipinski definition) is 1. The molecule has 4 rings (SSSR count).